The Bertz CT molecular complexity index is 891. The first-order valence-electron chi connectivity index (χ1n) is 7.10. The standard InChI is InChI=1S/C16H15N5O3/c1-24-11-4-2-3-10(7-11)9-21-14(15(17)22)8-13(20-21)12-5-6-18-16(23)19-12/h2-8H,9H2,1H3,(H2,17,22)(H,18,19,23). The highest BCUT2D eigenvalue weighted by molar-refractivity contribution is 5.92. The van der Waals surface area contributed by atoms with Gasteiger partial charge in [-0.2, -0.15) is 10.1 Å². The summed E-state index contributed by atoms with van der Waals surface area (Å²) in [6.45, 7) is 0.340. The molecule has 0 bridgehead atoms. The largest absolute Gasteiger partial charge is 0.497 e. The number of amides is 1. The molecule has 3 N–H and O–H groups in total. The third-order valence-corrected chi connectivity index (χ3v) is 3.40. The van der Waals surface area contributed by atoms with Gasteiger partial charge in [0.2, 0.25) is 0 Å². The molecule has 24 heavy (non-hydrogen) atoms. The summed E-state index contributed by atoms with van der Waals surface area (Å²) >= 11 is 0. The highest BCUT2D eigenvalue weighted by Gasteiger charge is 2.15. The summed E-state index contributed by atoms with van der Waals surface area (Å²) in [6.07, 6.45) is 1.41. The molecule has 1 aromatic carbocycles. The van der Waals surface area contributed by atoms with Gasteiger partial charge >= 0.3 is 6.01 Å². The van der Waals surface area contributed by atoms with Gasteiger partial charge in [0.15, 0.2) is 0 Å². The van der Waals surface area contributed by atoms with E-state index in [1.165, 1.54) is 16.9 Å². The molecule has 0 saturated carbocycles. The number of hydrogen-bond donors (Lipinski definition) is 2. The number of methoxy groups -OCH3 is 1. The van der Waals surface area contributed by atoms with E-state index in [1.807, 2.05) is 24.3 Å². The van der Waals surface area contributed by atoms with Crippen LogP contribution in [0, 0.1) is 0 Å². The van der Waals surface area contributed by atoms with Gasteiger partial charge in [0, 0.05) is 6.20 Å². The Morgan fingerprint density at radius 3 is 2.83 bits per heavy atom. The summed E-state index contributed by atoms with van der Waals surface area (Å²) in [5.41, 5.74) is 7.40. The zero-order valence-electron chi connectivity index (χ0n) is 12.9. The molecule has 0 aliphatic heterocycles. The number of aromatic hydroxyl groups is 1. The third kappa shape index (κ3) is 3.17. The van der Waals surface area contributed by atoms with E-state index in [0.29, 0.717) is 23.7 Å². The topological polar surface area (TPSA) is 116 Å². The van der Waals surface area contributed by atoms with Crippen molar-refractivity contribution in [3.05, 3.63) is 53.9 Å². The van der Waals surface area contributed by atoms with Crippen molar-refractivity contribution in [3.8, 4) is 23.1 Å². The van der Waals surface area contributed by atoms with Crippen LogP contribution in [-0.4, -0.2) is 37.9 Å². The van der Waals surface area contributed by atoms with Gasteiger partial charge < -0.3 is 15.6 Å². The van der Waals surface area contributed by atoms with Crippen LogP contribution in [0.5, 0.6) is 11.8 Å². The maximum atomic E-state index is 11.7. The highest BCUT2D eigenvalue weighted by Crippen LogP contribution is 2.20. The number of nitrogens with zero attached hydrogens (tertiary/aromatic N) is 4. The lowest BCUT2D eigenvalue weighted by molar-refractivity contribution is 0.0990. The molecule has 2 aromatic heterocycles. The lowest BCUT2D eigenvalue weighted by Crippen LogP contribution is -2.18. The molecule has 3 rings (SSSR count). The third-order valence-electron chi connectivity index (χ3n) is 3.40. The fourth-order valence-electron chi connectivity index (χ4n) is 2.30. The van der Waals surface area contributed by atoms with E-state index in [2.05, 4.69) is 15.1 Å². The minimum atomic E-state index is -0.602. The van der Waals surface area contributed by atoms with Crippen LogP contribution < -0.4 is 10.5 Å². The molecule has 122 valence electrons. The maximum absolute atomic E-state index is 11.7. The van der Waals surface area contributed by atoms with Crippen LogP contribution in [0.25, 0.3) is 11.4 Å². The number of carbonyl (C=O) groups is 1. The molecule has 0 atom stereocenters. The van der Waals surface area contributed by atoms with Crippen LogP contribution >= 0.6 is 0 Å². The lowest BCUT2D eigenvalue weighted by atomic mass is 10.2. The number of ether oxygens (including phenoxy) is 1. The molecular weight excluding hydrogens is 310 g/mol. The SMILES string of the molecule is COc1cccc(Cn2nc(-c3ccnc(O)n3)cc2C(N)=O)c1. The Balaban J connectivity index is 1.99. The van der Waals surface area contributed by atoms with Crippen LogP contribution in [0.15, 0.2) is 42.6 Å². The maximum Gasteiger partial charge on any atom is 0.314 e. The van der Waals surface area contributed by atoms with Crippen LogP contribution in [-0.2, 0) is 6.54 Å². The predicted octanol–water partition coefficient (Wildman–Crippen LogP) is 1.20. The normalized spacial score (nSPS) is 10.5. The first-order valence-corrected chi connectivity index (χ1v) is 7.10. The van der Waals surface area contributed by atoms with Gasteiger partial charge in [0.1, 0.15) is 17.1 Å². The first kappa shape index (κ1) is 15.5. The zero-order valence-corrected chi connectivity index (χ0v) is 12.9. The Morgan fingerprint density at radius 1 is 1.29 bits per heavy atom. The highest BCUT2D eigenvalue weighted by atomic mass is 16.5. The average molecular weight is 325 g/mol. The summed E-state index contributed by atoms with van der Waals surface area (Å²) < 4.78 is 6.68. The average Bonchev–Trinajstić information content (AvgIpc) is 2.99. The van der Waals surface area contributed by atoms with Gasteiger partial charge in [0.25, 0.3) is 5.91 Å². The second kappa shape index (κ2) is 6.37. The molecule has 2 heterocycles. The molecule has 0 unspecified atom stereocenters. The van der Waals surface area contributed by atoms with Gasteiger partial charge in [-0.15, -0.1) is 0 Å². The summed E-state index contributed by atoms with van der Waals surface area (Å²) in [5.74, 6) is 0.108. The molecule has 1 amide bonds. The molecule has 0 radical (unpaired) electrons. The molecule has 3 aromatic rings. The summed E-state index contributed by atoms with van der Waals surface area (Å²) in [5, 5.41) is 13.8. The van der Waals surface area contributed by atoms with Crippen LogP contribution in [0.2, 0.25) is 0 Å². The minimum Gasteiger partial charge on any atom is -0.497 e. The Labute approximate surface area is 137 Å². The number of aromatic nitrogens is 4. The molecule has 0 aliphatic carbocycles. The van der Waals surface area contributed by atoms with E-state index in [1.54, 1.807) is 13.2 Å². The van der Waals surface area contributed by atoms with Crippen molar-refractivity contribution in [2.75, 3.05) is 7.11 Å². The Kier molecular flexibility index (Phi) is 4.11. The van der Waals surface area contributed by atoms with E-state index >= 15 is 0 Å². The number of nitrogens with two attached hydrogens (primary N) is 1. The van der Waals surface area contributed by atoms with Gasteiger partial charge in [-0.1, -0.05) is 12.1 Å². The van der Waals surface area contributed by atoms with E-state index in [-0.39, 0.29) is 11.7 Å². The van der Waals surface area contributed by atoms with E-state index in [4.69, 9.17) is 10.5 Å². The van der Waals surface area contributed by atoms with E-state index in [9.17, 15) is 9.90 Å². The molecular formula is C16H15N5O3. The number of benzene rings is 1. The zero-order chi connectivity index (χ0) is 17.1. The number of carbonyl (C=O) groups excluding carboxylic acids is 1. The van der Waals surface area contributed by atoms with Gasteiger partial charge in [-0.25, -0.2) is 4.98 Å². The Morgan fingerprint density at radius 2 is 2.12 bits per heavy atom. The molecule has 0 saturated heterocycles. The molecule has 8 nitrogen and oxygen atoms in total. The molecule has 8 heteroatoms. The quantitative estimate of drug-likeness (QED) is 0.728. The van der Waals surface area contributed by atoms with Gasteiger partial charge in [-0.05, 0) is 29.8 Å². The molecule has 0 aliphatic rings. The van der Waals surface area contributed by atoms with Crippen molar-refractivity contribution in [3.63, 3.8) is 0 Å². The Hall–Kier alpha value is -3.42. The predicted molar refractivity (Wildman–Crippen MR) is 85.5 cm³/mol. The molecule has 0 fully saturated rings. The summed E-state index contributed by atoms with van der Waals surface area (Å²) in [7, 11) is 1.58. The van der Waals surface area contributed by atoms with Crippen LogP contribution in [0.4, 0.5) is 0 Å². The van der Waals surface area contributed by atoms with Crippen LogP contribution in [0.3, 0.4) is 0 Å². The smallest absolute Gasteiger partial charge is 0.314 e. The summed E-state index contributed by atoms with van der Waals surface area (Å²) in [4.78, 5) is 19.2. The van der Waals surface area contributed by atoms with Crippen molar-refractivity contribution in [1.29, 1.82) is 0 Å². The van der Waals surface area contributed by atoms with Crippen molar-refractivity contribution >= 4 is 5.91 Å². The van der Waals surface area contributed by atoms with Gasteiger partial charge in [-0.3, -0.25) is 9.48 Å². The second-order valence-corrected chi connectivity index (χ2v) is 5.03. The molecule has 0 spiro atoms. The van der Waals surface area contributed by atoms with Crippen molar-refractivity contribution in [2.24, 2.45) is 5.73 Å². The van der Waals surface area contributed by atoms with E-state index in [0.717, 1.165) is 5.56 Å². The fraction of sp³-hybridized carbons (Fsp3) is 0.125. The number of rotatable bonds is 5. The number of primary amides is 1. The van der Waals surface area contributed by atoms with E-state index < -0.39 is 5.91 Å². The van der Waals surface area contributed by atoms with Crippen molar-refractivity contribution < 1.29 is 14.6 Å². The number of hydrogen-bond acceptors (Lipinski definition) is 6. The van der Waals surface area contributed by atoms with Crippen molar-refractivity contribution in [2.45, 2.75) is 6.54 Å². The fourth-order valence-corrected chi connectivity index (χ4v) is 2.30. The van der Waals surface area contributed by atoms with Crippen molar-refractivity contribution in [1.82, 2.24) is 19.7 Å². The van der Waals surface area contributed by atoms with Gasteiger partial charge in [0.05, 0.1) is 19.3 Å². The second-order valence-electron chi connectivity index (χ2n) is 5.03. The first-order chi connectivity index (χ1) is 11.6. The monoisotopic (exact) mass is 325 g/mol. The van der Waals surface area contributed by atoms with Crippen LogP contribution in [0.1, 0.15) is 16.1 Å². The minimum absolute atomic E-state index is 0.242. The summed E-state index contributed by atoms with van der Waals surface area (Å²) in [6, 6.07) is 10.2. The lowest BCUT2D eigenvalue weighted by Gasteiger charge is -2.07.